The summed E-state index contributed by atoms with van der Waals surface area (Å²) in [6.45, 7) is 4.78. The van der Waals surface area contributed by atoms with Gasteiger partial charge < -0.3 is 10.2 Å². The van der Waals surface area contributed by atoms with Crippen molar-refractivity contribution in [2.75, 3.05) is 31.9 Å². The van der Waals surface area contributed by atoms with E-state index in [1.807, 2.05) is 18.2 Å². The number of rotatable bonds is 4. The Labute approximate surface area is 135 Å². The first-order valence-corrected chi connectivity index (χ1v) is 9.00. The van der Waals surface area contributed by atoms with E-state index >= 15 is 0 Å². The molecule has 0 saturated carbocycles. The monoisotopic (exact) mass is 330 g/mol. The van der Waals surface area contributed by atoms with Gasteiger partial charge in [-0.2, -0.15) is 0 Å². The van der Waals surface area contributed by atoms with Gasteiger partial charge in [0.15, 0.2) is 0 Å². The van der Waals surface area contributed by atoms with Crippen LogP contribution in [0.5, 0.6) is 0 Å². The molecule has 5 heteroatoms. The Balaban J connectivity index is 1.47. The van der Waals surface area contributed by atoms with Crippen LogP contribution in [0.3, 0.4) is 0 Å². The number of halogens is 2. The summed E-state index contributed by atoms with van der Waals surface area (Å²) in [4.78, 5) is 3.67. The maximum atomic E-state index is 6.19. The molecule has 2 aliphatic rings. The summed E-state index contributed by atoms with van der Waals surface area (Å²) < 4.78 is 0. The first-order chi connectivity index (χ1) is 9.72. The molecule has 1 N–H and O–H groups in total. The van der Waals surface area contributed by atoms with Crippen molar-refractivity contribution in [1.82, 2.24) is 10.2 Å². The Hall–Kier alpha value is 0.0700. The highest BCUT2D eigenvalue weighted by Gasteiger charge is 2.33. The van der Waals surface area contributed by atoms with Gasteiger partial charge in [-0.15, -0.1) is 11.8 Å². The Morgan fingerprint density at radius 2 is 2.20 bits per heavy atom. The van der Waals surface area contributed by atoms with Crippen LogP contribution < -0.4 is 5.32 Å². The maximum Gasteiger partial charge on any atom is 0.0542 e. The van der Waals surface area contributed by atoms with Gasteiger partial charge in [-0.1, -0.05) is 23.2 Å². The number of thioether (sulfide) groups is 1. The van der Waals surface area contributed by atoms with E-state index in [-0.39, 0.29) is 0 Å². The smallest absolute Gasteiger partial charge is 0.0542 e. The summed E-state index contributed by atoms with van der Waals surface area (Å²) in [7, 11) is 0. The van der Waals surface area contributed by atoms with Crippen LogP contribution >= 0.6 is 35.0 Å². The highest BCUT2D eigenvalue weighted by atomic mass is 35.5. The lowest BCUT2D eigenvalue weighted by atomic mass is 9.94. The molecule has 3 rings (SSSR count). The molecule has 1 aromatic rings. The molecule has 0 radical (unpaired) electrons. The van der Waals surface area contributed by atoms with Gasteiger partial charge in [-0.05, 0) is 43.5 Å². The van der Waals surface area contributed by atoms with Gasteiger partial charge in [0.1, 0.15) is 0 Å². The maximum absolute atomic E-state index is 6.19. The van der Waals surface area contributed by atoms with E-state index in [1.54, 1.807) is 11.8 Å². The van der Waals surface area contributed by atoms with Crippen molar-refractivity contribution in [3.63, 3.8) is 0 Å². The van der Waals surface area contributed by atoms with Crippen molar-refractivity contribution in [1.29, 1.82) is 0 Å². The SMILES string of the molecule is Clc1ccc(Cl)c(SCCN2CC3CCCNC3C2)c1. The summed E-state index contributed by atoms with van der Waals surface area (Å²) in [6, 6.07) is 6.40. The lowest BCUT2D eigenvalue weighted by Crippen LogP contribution is -2.40. The second-order valence-electron chi connectivity index (χ2n) is 5.65. The molecule has 2 saturated heterocycles. The molecule has 0 aromatic heterocycles. The lowest BCUT2D eigenvalue weighted by molar-refractivity contribution is 0.332. The standard InChI is InChI=1S/C15H20Cl2N2S/c16-12-3-4-13(17)15(8-12)20-7-6-19-9-11-2-1-5-18-14(11)10-19/h3-4,8,11,14,18H,1-2,5-7,9-10H2. The minimum atomic E-state index is 0.725. The zero-order valence-electron chi connectivity index (χ0n) is 11.4. The molecule has 2 unspecified atom stereocenters. The van der Waals surface area contributed by atoms with Crippen molar-refractivity contribution in [2.24, 2.45) is 5.92 Å². The topological polar surface area (TPSA) is 15.3 Å². The molecule has 0 spiro atoms. The van der Waals surface area contributed by atoms with E-state index in [2.05, 4.69) is 10.2 Å². The fourth-order valence-corrected chi connectivity index (χ4v) is 4.69. The number of piperidine rings is 1. The number of nitrogens with one attached hydrogen (secondary N) is 1. The average molecular weight is 331 g/mol. The molecule has 0 amide bonds. The third kappa shape index (κ3) is 3.63. The fraction of sp³-hybridized carbons (Fsp3) is 0.600. The van der Waals surface area contributed by atoms with Crippen molar-refractivity contribution in [3.05, 3.63) is 28.2 Å². The summed E-state index contributed by atoms with van der Waals surface area (Å²) in [5.74, 6) is 1.93. The molecule has 2 nitrogen and oxygen atoms in total. The molecule has 110 valence electrons. The third-order valence-corrected chi connectivity index (χ3v) is 5.95. The van der Waals surface area contributed by atoms with Crippen LogP contribution in [0.2, 0.25) is 10.0 Å². The van der Waals surface area contributed by atoms with Crippen LogP contribution in [0.4, 0.5) is 0 Å². The Morgan fingerprint density at radius 1 is 1.30 bits per heavy atom. The van der Waals surface area contributed by atoms with Crippen LogP contribution in [0.15, 0.2) is 23.1 Å². The van der Waals surface area contributed by atoms with E-state index in [9.17, 15) is 0 Å². The van der Waals surface area contributed by atoms with Crippen molar-refractivity contribution in [3.8, 4) is 0 Å². The van der Waals surface area contributed by atoms with Gasteiger partial charge in [0.05, 0.1) is 5.02 Å². The van der Waals surface area contributed by atoms with Crippen LogP contribution in [0, 0.1) is 5.92 Å². The molecular formula is C15H20Cl2N2S. The quantitative estimate of drug-likeness (QED) is 0.846. The summed E-state index contributed by atoms with van der Waals surface area (Å²) in [6.07, 6.45) is 2.73. The van der Waals surface area contributed by atoms with E-state index in [0.717, 1.165) is 39.2 Å². The van der Waals surface area contributed by atoms with E-state index in [0.29, 0.717) is 0 Å². The van der Waals surface area contributed by atoms with Gasteiger partial charge in [-0.3, -0.25) is 0 Å². The zero-order valence-corrected chi connectivity index (χ0v) is 13.8. The van der Waals surface area contributed by atoms with Crippen LogP contribution in [-0.2, 0) is 0 Å². The predicted molar refractivity (Wildman–Crippen MR) is 88.1 cm³/mol. The van der Waals surface area contributed by atoms with E-state index in [4.69, 9.17) is 23.2 Å². The number of hydrogen-bond donors (Lipinski definition) is 1. The molecule has 1 aromatic carbocycles. The summed E-state index contributed by atoms with van der Waals surface area (Å²) in [5, 5.41) is 5.21. The number of nitrogens with zero attached hydrogens (tertiary/aromatic N) is 1. The van der Waals surface area contributed by atoms with Crippen LogP contribution in [0.25, 0.3) is 0 Å². The van der Waals surface area contributed by atoms with Crippen LogP contribution in [-0.4, -0.2) is 42.9 Å². The first kappa shape index (κ1) is 15.0. The highest BCUT2D eigenvalue weighted by molar-refractivity contribution is 7.99. The summed E-state index contributed by atoms with van der Waals surface area (Å²) in [5.41, 5.74) is 0. The zero-order chi connectivity index (χ0) is 13.9. The average Bonchev–Trinajstić information content (AvgIpc) is 2.85. The van der Waals surface area contributed by atoms with Gasteiger partial charge in [-0.25, -0.2) is 0 Å². The Morgan fingerprint density at radius 3 is 3.05 bits per heavy atom. The van der Waals surface area contributed by atoms with E-state index < -0.39 is 0 Å². The number of hydrogen-bond acceptors (Lipinski definition) is 3. The molecule has 0 aliphatic carbocycles. The molecule has 2 aliphatic heterocycles. The van der Waals surface area contributed by atoms with Gasteiger partial charge in [0.2, 0.25) is 0 Å². The molecule has 2 fully saturated rings. The van der Waals surface area contributed by atoms with Crippen molar-refractivity contribution in [2.45, 2.75) is 23.8 Å². The van der Waals surface area contributed by atoms with Gasteiger partial charge in [0.25, 0.3) is 0 Å². The molecule has 0 bridgehead atoms. The largest absolute Gasteiger partial charge is 0.312 e. The van der Waals surface area contributed by atoms with Gasteiger partial charge in [0, 0.05) is 41.3 Å². The molecular weight excluding hydrogens is 311 g/mol. The minimum Gasteiger partial charge on any atom is -0.312 e. The van der Waals surface area contributed by atoms with Crippen molar-refractivity contribution >= 4 is 35.0 Å². The summed E-state index contributed by atoms with van der Waals surface area (Å²) >= 11 is 14.0. The molecule has 2 heterocycles. The number of likely N-dealkylation sites (tertiary alicyclic amines) is 1. The molecule has 2 atom stereocenters. The number of benzene rings is 1. The van der Waals surface area contributed by atoms with Crippen LogP contribution in [0.1, 0.15) is 12.8 Å². The lowest BCUT2D eigenvalue weighted by Gasteiger charge is -2.24. The minimum absolute atomic E-state index is 0.725. The normalized spacial score (nSPS) is 26.7. The van der Waals surface area contributed by atoms with E-state index in [1.165, 1.54) is 32.5 Å². The predicted octanol–water partition coefficient (Wildman–Crippen LogP) is 3.77. The van der Waals surface area contributed by atoms with Crippen molar-refractivity contribution < 1.29 is 0 Å². The molecule has 20 heavy (non-hydrogen) atoms. The highest BCUT2D eigenvalue weighted by Crippen LogP contribution is 2.30. The Kier molecular flexibility index (Phi) is 5.16. The second kappa shape index (κ2) is 6.89. The fourth-order valence-electron chi connectivity index (χ4n) is 3.19. The van der Waals surface area contributed by atoms with Gasteiger partial charge >= 0.3 is 0 Å². The Bertz CT molecular complexity index is 455. The first-order valence-electron chi connectivity index (χ1n) is 7.26. The third-order valence-electron chi connectivity index (χ3n) is 4.23. The number of fused-ring (bicyclic) bond motifs is 1. The second-order valence-corrected chi connectivity index (χ2v) is 7.63.